The molecule has 1 heterocycles. The van der Waals surface area contributed by atoms with Crippen molar-refractivity contribution >= 4 is 0 Å². The molecule has 0 fully saturated rings. The summed E-state index contributed by atoms with van der Waals surface area (Å²) >= 11 is 0. The Morgan fingerprint density at radius 3 is 2.56 bits per heavy atom. The SMILES string of the molecule is CCC(CO)(CO)NCCc1nccn1C. The molecule has 1 aromatic heterocycles. The zero-order valence-electron chi connectivity index (χ0n) is 9.98. The molecule has 0 bridgehead atoms. The minimum atomic E-state index is -0.564. The van der Waals surface area contributed by atoms with Crippen LogP contribution in [0.4, 0.5) is 0 Å². The number of aliphatic hydroxyl groups is 2. The van der Waals surface area contributed by atoms with Crippen LogP contribution >= 0.6 is 0 Å². The van der Waals surface area contributed by atoms with Crippen LogP contribution in [0.25, 0.3) is 0 Å². The average molecular weight is 227 g/mol. The van der Waals surface area contributed by atoms with Crippen LogP contribution in [0.2, 0.25) is 0 Å². The summed E-state index contributed by atoms with van der Waals surface area (Å²) in [7, 11) is 1.95. The normalized spacial score (nSPS) is 12.0. The van der Waals surface area contributed by atoms with Crippen LogP contribution in [0, 0.1) is 0 Å². The van der Waals surface area contributed by atoms with Gasteiger partial charge in [0.2, 0.25) is 0 Å². The van der Waals surface area contributed by atoms with Gasteiger partial charge in [0.05, 0.1) is 18.8 Å². The van der Waals surface area contributed by atoms with Crippen molar-refractivity contribution in [2.45, 2.75) is 25.3 Å². The lowest BCUT2D eigenvalue weighted by atomic mass is 9.98. The predicted octanol–water partition coefficient (Wildman–Crippen LogP) is -0.314. The maximum Gasteiger partial charge on any atom is 0.109 e. The first-order chi connectivity index (χ1) is 7.67. The maximum absolute atomic E-state index is 9.24. The Kier molecular flexibility index (Phi) is 4.92. The van der Waals surface area contributed by atoms with Crippen molar-refractivity contribution in [3.63, 3.8) is 0 Å². The third-order valence-corrected chi connectivity index (χ3v) is 3.05. The lowest BCUT2D eigenvalue weighted by Gasteiger charge is -2.29. The summed E-state index contributed by atoms with van der Waals surface area (Å²) in [5.41, 5.74) is -0.564. The summed E-state index contributed by atoms with van der Waals surface area (Å²) in [6, 6.07) is 0. The van der Waals surface area contributed by atoms with Crippen LogP contribution in [0.1, 0.15) is 19.2 Å². The van der Waals surface area contributed by atoms with Crippen LogP contribution in [-0.4, -0.2) is 45.1 Å². The fraction of sp³-hybridized carbons (Fsp3) is 0.727. The van der Waals surface area contributed by atoms with Gasteiger partial charge in [0.15, 0.2) is 0 Å². The number of hydrogen-bond acceptors (Lipinski definition) is 4. The lowest BCUT2D eigenvalue weighted by molar-refractivity contribution is 0.0881. The van der Waals surface area contributed by atoms with E-state index < -0.39 is 5.54 Å². The summed E-state index contributed by atoms with van der Waals surface area (Å²) in [5, 5.41) is 21.7. The first-order valence-electron chi connectivity index (χ1n) is 5.60. The van der Waals surface area contributed by atoms with E-state index in [1.807, 2.05) is 24.7 Å². The van der Waals surface area contributed by atoms with Crippen molar-refractivity contribution in [3.8, 4) is 0 Å². The van der Waals surface area contributed by atoms with Crippen LogP contribution in [0.15, 0.2) is 12.4 Å². The van der Waals surface area contributed by atoms with E-state index in [1.165, 1.54) is 0 Å². The summed E-state index contributed by atoms with van der Waals surface area (Å²) in [6.45, 7) is 2.53. The van der Waals surface area contributed by atoms with E-state index in [1.54, 1.807) is 6.20 Å². The maximum atomic E-state index is 9.24. The van der Waals surface area contributed by atoms with Gasteiger partial charge in [-0.25, -0.2) is 4.98 Å². The minimum absolute atomic E-state index is 0.0550. The third kappa shape index (κ3) is 3.04. The quantitative estimate of drug-likeness (QED) is 0.597. The Bertz CT molecular complexity index is 300. The number of rotatable bonds is 7. The molecule has 0 aliphatic rings. The van der Waals surface area contributed by atoms with Crippen LogP contribution in [0.3, 0.4) is 0 Å². The Morgan fingerprint density at radius 2 is 2.12 bits per heavy atom. The van der Waals surface area contributed by atoms with Crippen molar-refractivity contribution in [1.82, 2.24) is 14.9 Å². The third-order valence-electron chi connectivity index (χ3n) is 3.05. The molecular formula is C11H21N3O2. The topological polar surface area (TPSA) is 70.3 Å². The van der Waals surface area contributed by atoms with Gasteiger partial charge in [0.1, 0.15) is 5.82 Å². The molecule has 0 unspecified atom stereocenters. The standard InChI is InChI=1S/C11H21N3O2/c1-3-11(8-15,9-16)13-5-4-10-12-6-7-14(10)2/h6-7,13,15-16H,3-5,8-9H2,1-2H3. The van der Waals surface area contributed by atoms with Gasteiger partial charge in [-0.3, -0.25) is 0 Å². The monoisotopic (exact) mass is 227 g/mol. The van der Waals surface area contributed by atoms with E-state index >= 15 is 0 Å². The summed E-state index contributed by atoms with van der Waals surface area (Å²) in [6.07, 6.45) is 5.15. The summed E-state index contributed by atoms with van der Waals surface area (Å²) in [5.74, 6) is 0.994. The molecule has 5 nitrogen and oxygen atoms in total. The molecule has 0 atom stereocenters. The van der Waals surface area contributed by atoms with Crippen molar-refractivity contribution in [3.05, 3.63) is 18.2 Å². The van der Waals surface area contributed by atoms with Gasteiger partial charge in [-0.2, -0.15) is 0 Å². The van der Waals surface area contributed by atoms with Crippen molar-refractivity contribution in [2.75, 3.05) is 19.8 Å². The van der Waals surface area contributed by atoms with Crippen molar-refractivity contribution in [1.29, 1.82) is 0 Å². The number of imidazole rings is 1. The summed E-state index contributed by atoms with van der Waals surface area (Å²) in [4.78, 5) is 4.21. The molecule has 0 aliphatic carbocycles. The molecule has 1 aromatic rings. The molecule has 92 valence electrons. The van der Waals surface area contributed by atoms with Gasteiger partial charge >= 0.3 is 0 Å². The molecule has 0 spiro atoms. The number of hydrogen-bond donors (Lipinski definition) is 3. The van der Waals surface area contributed by atoms with E-state index in [-0.39, 0.29) is 13.2 Å². The van der Waals surface area contributed by atoms with Gasteiger partial charge in [-0.15, -0.1) is 0 Å². The zero-order chi connectivity index (χ0) is 12.0. The van der Waals surface area contributed by atoms with E-state index in [4.69, 9.17) is 0 Å². The summed E-state index contributed by atoms with van der Waals surface area (Å²) < 4.78 is 1.97. The molecule has 0 amide bonds. The van der Waals surface area contributed by atoms with Gasteiger partial charge in [0.25, 0.3) is 0 Å². The Labute approximate surface area is 96.1 Å². The molecule has 0 aliphatic heterocycles. The molecule has 3 N–H and O–H groups in total. The largest absolute Gasteiger partial charge is 0.394 e. The number of aliphatic hydroxyl groups excluding tert-OH is 2. The zero-order valence-corrected chi connectivity index (χ0v) is 9.98. The minimum Gasteiger partial charge on any atom is -0.394 e. The van der Waals surface area contributed by atoms with Gasteiger partial charge in [0, 0.05) is 32.4 Å². The lowest BCUT2D eigenvalue weighted by Crippen LogP contribution is -2.51. The predicted molar refractivity (Wildman–Crippen MR) is 62.1 cm³/mol. The number of nitrogens with one attached hydrogen (secondary N) is 1. The molecule has 16 heavy (non-hydrogen) atoms. The molecule has 0 saturated carbocycles. The second-order valence-electron chi connectivity index (χ2n) is 4.08. The fourth-order valence-electron chi connectivity index (χ4n) is 1.59. The molecule has 0 radical (unpaired) electrons. The smallest absolute Gasteiger partial charge is 0.109 e. The van der Waals surface area contributed by atoms with Crippen molar-refractivity contribution < 1.29 is 10.2 Å². The number of aryl methyl sites for hydroxylation is 1. The molecular weight excluding hydrogens is 206 g/mol. The van der Waals surface area contributed by atoms with Crippen molar-refractivity contribution in [2.24, 2.45) is 7.05 Å². The van der Waals surface area contributed by atoms with E-state index in [0.29, 0.717) is 13.0 Å². The molecule has 0 aromatic carbocycles. The van der Waals surface area contributed by atoms with Crippen LogP contribution in [-0.2, 0) is 13.5 Å². The Hall–Kier alpha value is -0.910. The first kappa shape index (κ1) is 13.2. The van der Waals surface area contributed by atoms with E-state index in [2.05, 4.69) is 10.3 Å². The highest BCUT2D eigenvalue weighted by Gasteiger charge is 2.25. The van der Waals surface area contributed by atoms with E-state index in [0.717, 1.165) is 12.2 Å². The second kappa shape index (κ2) is 5.98. The highest BCUT2D eigenvalue weighted by atomic mass is 16.3. The fourth-order valence-corrected chi connectivity index (χ4v) is 1.59. The average Bonchev–Trinajstić information content (AvgIpc) is 2.71. The molecule has 0 saturated heterocycles. The Balaban J connectivity index is 2.42. The number of aromatic nitrogens is 2. The first-order valence-corrected chi connectivity index (χ1v) is 5.60. The van der Waals surface area contributed by atoms with E-state index in [9.17, 15) is 10.2 Å². The highest BCUT2D eigenvalue weighted by molar-refractivity contribution is 4.93. The van der Waals surface area contributed by atoms with Gasteiger partial charge in [-0.05, 0) is 6.42 Å². The second-order valence-corrected chi connectivity index (χ2v) is 4.08. The highest BCUT2D eigenvalue weighted by Crippen LogP contribution is 2.08. The van der Waals surface area contributed by atoms with Gasteiger partial charge < -0.3 is 20.1 Å². The van der Waals surface area contributed by atoms with Crippen LogP contribution in [0.5, 0.6) is 0 Å². The molecule has 1 rings (SSSR count). The molecule has 5 heteroatoms. The Morgan fingerprint density at radius 1 is 1.44 bits per heavy atom. The van der Waals surface area contributed by atoms with Gasteiger partial charge in [-0.1, -0.05) is 6.92 Å². The number of nitrogens with zero attached hydrogens (tertiary/aromatic N) is 2. The van der Waals surface area contributed by atoms with Crippen LogP contribution < -0.4 is 5.32 Å².